The van der Waals surface area contributed by atoms with Crippen molar-refractivity contribution in [1.29, 1.82) is 0 Å². The first kappa shape index (κ1) is 18.4. The maximum atomic E-state index is 12.9. The Bertz CT molecular complexity index is 700. The third-order valence-corrected chi connectivity index (χ3v) is 3.24. The lowest BCUT2D eigenvalue weighted by Gasteiger charge is -2.05. The lowest BCUT2D eigenvalue weighted by Crippen LogP contribution is -2.32. The highest BCUT2D eigenvalue weighted by molar-refractivity contribution is 5.76. The number of ether oxygens (including phenoxy) is 1. The Hall–Kier alpha value is -2.90. The van der Waals surface area contributed by atoms with Crippen LogP contribution in [0.5, 0.6) is 0 Å². The van der Waals surface area contributed by atoms with Crippen molar-refractivity contribution in [2.24, 2.45) is 0 Å². The number of halogens is 1. The van der Waals surface area contributed by atoms with Gasteiger partial charge in [0.05, 0.1) is 12.3 Å². The highest BCUT2D eigenvalue weighted by Crippen LogP contribution is 2.18. The summed E-state index contributed by atoms with van der Waals surface area (Å²) in [4.78, 5) is 27.0. The number of nitrogens with one attached hydrogen (secondary N) is 2. The fourth-order valence-corrected chi connectivity index (χ4v) is 2.03. The van der Waals surface area contributed by atoms with E-state index < -0.39 is 6.09 Å². The number of oxazole rings is 1. The van der Waals surface area contributed by atoms with Crippen LogP contribution in [-0.2, 0) is 16.0 Å². The monoisotopic (exact) mass is 349 g/mol. The molecule has 0 radical (unpaired) electrons. The molecule has 0 unspecified atom stereocenters. The number of rotatable bonds is 8. The Labute approximate surface area is 144 Å². The predicted molar refractivity (Wildman–Crippen MR) is 88.3 cm³/mol. The van der Waals surface area contributed by atoms with Crippen molar-refractivity contribution in [1.82, 2.24) is 15.6 Å². The first-order valence-corrected chi connectivity index (χ1v) is 7.96. The van der Waals surface area contributed by atoms with Crippen LogP contribution in [0.25, 0.3) is 11.5 Å². The molecule has 0 aliphatic rings. The van der Waals surface area contributed by atoms with Gasteiger partial charge in [0.25, 0.3) is 0 Å². The van der Waals surface area contributed by atoms with Crippen LogP contribution in [0.4, 0.5) is 9.18 Å². The van der Waals surface area contributed by atoms with Crippen molar-refractivity contribution < 1.29 is 23.1 Å². The molecule has 0 fully saturated rings. The van der Waals surface area contributed by atoms with Gasteiger partial charge in [-0.05, 0) is 31.2 Å². The first-order valence-electron chi connectivity index (χ1n) is 7.96. The summed E-state index contributed by atoms with van der Waals surface area (Å²) in [5, 5.41) is 5.20. The molecule has 1 aromatic carbocycles. The van der Waals surface area contributed by atoms with Crippen molar-refractivity contribution >= 4 is 12.0 Å². The predicted octanol–water partition coefficient (Wildman–Crippen LogP) is 2.28. The van der Waals surface area contributed by atoms with Crippen LogP contribution >= 0.6 is 0 Å². The van der Waals surface area contributed by atoms with Crippen LogP contribution in [-0.4, -0.2) is 36.7 Å². The van der Waals surface area contributed by atoms with Gasteiger partial charge in [0.15, 0.2) is 0 Å². The summed E-state index contributed by atoms with van der Waals surface area (Å²) in [5.74, 6) is -0.102. The summed E-state index contributed by atoms with van der Waals surface area (Å²) in [7, 11) is 0. The quantitative estimate of drug-likeness (QED) is 0.762. The van der Waals surface area contributed by atoms with E-state index in [0.29, 0.717) is 30.1 Å². The molecule has 0 atom stereocenters. The van der Waals surface area contributed by atoms with E-state index in [-0.39, 0.29) is 31.3 Å². The number of hydrogen-bond donors (Lipinski definition) is 2. The number of alkyl carbamates (subject to hydrolysis) is 1. The molecule has 2 rings (SSSR count). The Balaban J connectivity index is 1.69. The number of carbonyl (C=O) groups excluding carboxylic acids is 2. The van der Waals surface area contributed by atoms with E-state index in [1.54, 1.807) is 19.1 Å². The molecule has 8 heteroatoms. The van der Waals surface area contributed by atoms with Crippen molar-refractivity contribution in [2.45, 2.75) is 19.8 Å². The molecule has 2 amide bonds. The average Bonchev–Trinajstić information content (AvgIpc) is 3.04. The highest BCUT2D eigenvalue weighted by Gasteiger charge is 2.08. The minimum atomic E-state index is -0.536. The number of nitrogens with zero attached hydrogens (tertiary/aromatic N) is 1. The van der Waals surface area contributed by atoms with Crippen LogP contribution in [0, 0.1) is 5.82 Å². The van der Waals surface area contributed by atoms with E-state index in [0.717, 1.165) is 0 Å². The largest absolute Gasteiger partial charge is 0.450 e. The lowest BCUT2D eigenvalue weighted by molar-refractivity contribution is -0.120. The summed E-state index contributed by atoms with van der Waals surface area (Å²) in [6, 6.07) is 5.85. The molecule has 1 aromatic heterocycles. The Morgan fingerprint density at radius 3 is 2.68 bits per heavy atom. The zero-order valence-electron chi connectivity index (χ0n) is 13.9. The average molecular weight is 349 g/mol. The number of amides is 2. The summed E-state index contributed by atoms with van der Waals surface area (Å²) < 4.78 is 22.9. The van der Waals surface area contributed by atoms with Crippen LogP contribution in [0.15, 0.2) is 34.9 Å². The molecule has 0 aliphatic carbocycles. The second-order valence-electron chi connectivity index (χ2n) is 5.15. The van der Waals surface area contributed by atoms with Gasteiger partial charge in [0.1, 0.15) is 12.1 Å². The molecule has 7 nitrogen and oxygen atoms in total. The third kappa shape index (κ3) is 6.25. The topological polar surface area (TPSA) is 93.5 Å². The number of aromatic nitrogens is 1. The van der Waals surface area contributed by atoms with Crippen molar-refractivity contribution in [2.75, 3.05) is 19.7 Å². The zero-order chi connectivity index (χ0) is 18.1. The van der Waals surface area contributed by atoms with Crippen molar-refractivity contribution in [3.63, 3.8) is 0 Å². The van der Waals surface area contributed by atoms with Crippen molar-refractivity contribution in [3.8, 4) is 11.5 Å². The minimum Gasteiger partial charge on any atom is -0.450 e. The number of hydrogen-bond acceptors (Lipinski definition) is 5. The normalized spacial score (nSPS) is 10.3. The Kier molecular flexibility index (Phi) is 6.94. The Morgan fingerprint density at radius 2 is 1.96 bits per heavy atom. The molecule has 0 bridgehead atoms. The van der Waals surface area contributed by atoms with Gasteiger partial charge in [-0.1, -0.05) is 0 Å². The summed E-state index contributed by atoms with van der Waals surface area (Å²) in [6.45, 7) is 2.60. The molecule has 134 valence electrons. The van der Waals surface area contributed by atoms with E-state index in [1.807, 2.05) is 0 Å². The Morgan fingerprint density at radius 1 is 1.20 bits per heavy atom. The van der Waals surface area contributed by atoms with Crippen LogP contribution < -0.4 is 10.6 Å². The molecule has 0 spiro atoms. The van der Waals surface area contributed by atoms with Crippen molar-refractivity contribution in [3.05, 3.63) is 42.0 Å². The van der Waals surface area contributed by atoms with E-state index >= 15 is 0 Å². The summed E-state index contributed by atoms with van der Waals surface area (Å²) in [5.41, 5.74) is 1.37. The molecule has 1 heterocycles. The molecule has 0 aliphatic heterocycles. The van der Waals surface area contributed by atoms with Crippen LogP contribution in [0.3, 0.4) is 0 Å². The fourth-order valence-electron chi connectivity index (χ4n) is 2.03. The second kappa shape index (κ2) is 9.41. The van der Waals surface area contributed by atoms with Crippen LogP contribution in [0.2, 0.25) is 0 Å². The van der Waals surface area contributed by atoms with Gasteiger partial charge < -0.3 is 19.8 Å². The standard InChI is InChI=1S/C17H20FN3O4/c1-2-24-17(23)20-10-8-15(22)19-9-7-14-11-25-16(21-14)12-3-5-13(18)6-4-12/h3-6,11H,2,7-10H2,1H3,(H,19,22)(H,20,23). The van der Waals surface area contributed by atoms with E-state index in [9.17, 15) is 14.0 Å². The lowest BCUT2D eigenvalue weighted by atomic mass is 10.2. The first-order chi connectivity index (χ1) is 12.1. The molecular weight excluding hydrogens is 329 g/mol. The zero-order valence-corrected chi connectivity index (χ0v) is 13.9. The van der Waals surface area contributed by atoms with Gasteiger partial charge in [0, 0.05) is 31.5 Å². The minimum absolute atomic E-state index is 0.165. The number of benzene rings is 1. The molecular formula is C17H20FN3O4. The smallest absolute Gasteiger partial charge is 0.407 e. The van der Waals surface area contributed by atoms with E-state index in [1.165, 1.54) is 18.4 Å². The summed E-state index contributed by atoms with van der Waals surface area (Å²) >= 11 is 0. The van der Waals surface area contributed by atoms with Gasteiger partial charge in [-0.25, -0.2) is 14.2 Å². The fraction of sp³-hybridized carbons (Fsp3) is 0.353. The molecule has 2 aromatic rings. The van der Waals surface area contributed by atoms with Gasteiger partial charge >= 0.3 is 6.09 Å². The van der Waals surface area contributed by atoms with Gasteiger partial charge in [-0.2, -0.15) is 0 Å². The van der Waals surface area contributed by atoms with Gasteiger partial charge in [-0.3, -0.25) is 4.79 Å². The SMILES string of the molecule is CCOC(=O)NCCC(=O)NCCc1coc(-c2ccc(F)cc2)n1. The van der Waals surface area contributed by atoms with Crippen LogP contribution in [0.1, 0.15) is 19.0 Å². The molecule has 2 N–H and O–H groups in total. The third-order valence-electron chi connectivity index (χ3n) is 3.24. The number of carbonyl (C=O) groups is 2. The maximum absolute atomic E-state index is 12.9. The summed E-state index contributed by atoms with van der Waals surface area (Å²) in [6.07, 6.45) is 1.64. The molecule has 0 saturated heterocycles. The van der Waals surface area contributed by atoms with E-state index in [2.05, 4.69) is 20.4 Å². The van der Waals surface area contributed by atoms with Gasteiger partial charge in [0.2, 0.25) is 11.8 Å². The second-order valence-corrected chi connectivity index (χ2v) is 5.15. The molecule has 0 saturated carbocycles. The highest BCUT2D eigenvalue weighted by atomic mass is 19.1. The molecule has 25 heavy (non-hydrogen) atoms. The maximum Gasteiger partial charge on any atom is 0.407 e. The van der Waals surface area contributed by atoms with E-state index in [4.69, 9.17) is 4.42 Å². The van der Waals surface area contributed by atoms with Gasteiger partial charge in [-0.15, -0.1) is 0 Å².